The minimum Gasteiger partial charge on any atom is -0.341 e. The Bertz CT molecular complexity index is 418. The highest BCUT2D eigenvalue weighted by Gasteiger charge is 2.24. The van der Waals surface area contributed by atoms with Crippen molar-refractivity contribution in [2.24, 2.45) is 11.7 Å². The first-order valence-corrected chi connectivity index (χ1v) is 7.79. The predicted molar refractivity (Wildman–Crippen MR) is 82.3 cm³/mol. The van der Waals surface area contributed by atoms with E-state index in [9.17, 15) is 4.79 Å². The lowest BCUT2D eigenvalue weighted by Crippen LogP contribution is -2.45. The third-order valence-electron chi connectivity index (χ3n) is 4.35. The van der Waals surface area contributed by atoms with Crippen molar-refractivity contribution in [3.05, 3.63) is 35.9 Å². The second-order valence-corrected chi connectivity index (χ2v) is 5.83. The lowest BCUT2D eigenvalue weighted by molar-refractivity contribution is -0.132. The van der Waals surface area contributed by atoms with E-state index < -0.39 is 6.04 Å². The largest absolute Gasteiger partial charge is 0.341 e. The summed E-state index contributed by atoms with van der Waals surface area (Å²) < 4.78 is 0. The molecule has 1 aliphatic rings. The van der Waals surface area contributed by atoms with Crippen LogP contribution in [0.1, 0.15) is 38.2 Å². The van der Waals surface area contributed by atoms with Gasteiger partial charge in [0.05, 0.1) is 6.04 Å². The molecular formula is C17H26N2O. The van der Waals surface area contributed by atoms with Crippen LogP contribution in [-0.4, -0.2) is 29.9 Å². The zero-order valence-electron chi connectivity index (χ0n) is 12.4. The standard InChI is InChI=1S/C17H26N2O/c1-2-14-9-6-11-19(12-10-14)17(20)16(18)13-15-7-4-3-5-8-15/h3-5,7-8,14,16H,2,6,9-13,18H2,1H3. The van der Waals surface area contributed by atoms with E-state index in [1.165, 1.54) is 12.8 Å². The molecule has 2 N–H and O–H groups in total. The van der Waals surface area contributed by atoms with Gasteiger partial charge in [-0.15, -0.1) is 0 Å². The van der Waals surface area contributed by atoms with Crippen LogP contribution < -0.4 is 5.73 Å². The Balaban J connectivity index is 1.89. The Morgan fingerprint density at radius 3 is 2.75 bits per heavy atom. The van der Waals surface area contributed by atoms with Crippen molar-refractivity contribution >= 4 is 5.91 Å². The van der Waals surface area contributed by atoms with E-state index in [0.29, 0.717) is 6.42 Å². The Kier molecular flexibility index (Phi) is 5.60. The maximum atomic E-state index is 12.5. The molecule has 2 rings (SSSR count). The number of hydrogen-bond donors (Lipinski definition) is 1. The molecule has 3 heteroatoms. The first-order chi connectivity index (χ1) is 9.70. The summed E-state index contributed by atoms with van der Waals surface area (Å²) in [6, 6.07) is 9.62. The van der Waals surface area contributed by atoms with Crippen molar-refractivity contribution in [2.45, 2.75) is 45.1 Å². The van der Waals surface area contributed by atoms with Gasteiger partial charge in [0.1, 0.15) is 0 Å². The maximum Gasteiger partial charge on any atom is 0.239 e. The van der Waals surface area contributed by atoms with Crippen LogP contribution in [0, 0.1) is 5.92 Å². The van der Waals surface area contributed by atoms with E-state index in [0.717, 1.165) is 37.4 Å². The van der Waals surface area contributed by atoms with Crippen LogP contribution in [0.25, 0.3) is 0 Å². The molecule has 0 saturated carbocycles. The second kappa shape index (κ2) is 7.44. The summed E-state index contributed by atoms with van der Waals surface area (Å²) in [5.41, 5.74) is 7.24. The molecule has 1 aliphatic heterocycles. The van der Waals surface area contributed by atoms with E-state index in [2.05, 4.69) is 6.92 Å². The third-order valence-corrected chi connectivity index (χ3v) is 4.35. The molecule has 2 unspecified atom stereocenters. The summed E-state index contributed by atoms with van der Waals surface area (Å²) in [6.45, 7) is 3.99. The minimum atomic E-state index is -0.407. The molecule has 1 heterocycles. The predicted octanol–water partition coefficient (Wildman–Crippen LogP) is 2.60. The Hall–Kier alpha value is -1.35. The van der Waals surface area contributed by atoms with E-state index in [1.54, 1.807) is 0 Å². The SMILES string of the molecule is CCC1CCCN(C(=O)C(N)Cc2ccccc2)CC1. The average Bonchev–Trinajstić information content (AvgIpc) is 2.72. The number of carbonyl (C=O) groups excluding carboxylic acids is 1. The van der Waals surface area contributed by atoms with Crippen LogP contribution in [0.15, 0.2) is 30.3 Å². The quantitative estimate of drug-likeness (QED) is 0.917. The molecule has 2 atom stereocenters. The van der Waals surface area contributed by atoms with Crippen LogP contribution in [-0.2, 0) is 11.2 Å². The van der Waals surface area contributed by atoms with Crippen molar-refractivity contribution in [3.63, 3.8) is 0 Å². The highest BCUT2D eigenvalue weighted by molar-refractivity contribution is 5.82. The number of amides is 1. The van der Waals surface area contributed by atoms with Gasteiger partial charge in [-0.3, -0.25) is 4.79 Å². The van der Waals surface area contributed by atoms with Crippen LogP contribution in [0.2, 0.25) is 0 Å². The van der Waals surface area contributed by atoms with Gasteiger partial charge < -0.3 is 10.6 Å². The van der Waals surface area contributed by atoms with Crippen molar-refractivity contribution in [2.75, 3.05) is 13.1 Å². The Morgan fingerprint density at radius 2 is 2.05 bits per heavy atom. The van der Waals surface area contributed by atoms with Gasteiger partial charge in [0.2, 0.25) is 5.91 Å². The summed E-state index contributed by atoms with van der Waals surface area (Å²) in [5.74, 6) is 0.892. The highest BCUT2D eigenvalue weighted by Crippen LogP contribution is 2.20. The average molecular weight is 274 g/mol. The number of rotatable bonds is 4. The monoisotopic (exact) mass is 274 g/mol. The fourth-order valence-electron chi connectivity index (χ4n) is 2.98. The third kappa shape index (κ3) is 4.07. The number of benzene rings is 1. The fraction of sp³-hybridized carbons (Fsp3) is 0.588. The van der Waals surface area contributed by atoms with Gasteiger partial charge in [0.15, 0.2) is 0 Å². The first-order valence-electron chi connectivity index (χ1n) is 7.79. The van der Waals surface area contributed by atoms with E-state index >= 15 is 0 Å². The lowest BCUT2D eigenvalue weighted by atomic mass is 9.98. The Morgan fingerprint density at radius 1 is 1.30 bits per heavy atom. The zero-order valence-corrected chi connectivity index (χ0v) is 12.4. The molecular weight excluding hydrogens is 248 g/mol. The fourth-order valence-corrected chi connectivity index (χ4v) is 2.98. The van der Waals surface area contributed by atoms with Gasteiger partial charge in [0.25, 0.3) is 0 Å². The van der Waals surface area contributed by atoms with Crippen LogP contribution in [0.4, 0.5) is 0 Å². The van der Waals surface area contributed by atoms with Crippen LogP contribution in [0.5, 0.6) is 0 Å². The smallest absolute Gasteiger partial charge is 0.239 e. The maximum absolute atomic E-state index is 12.5. The molecule has 0 spiro atoms. The van der Waals surface area contributed by atoms with Crippen LogP contribution in [0.3, 0.4) is 0 Å². The number of nitrogens with two attached hydrogens (primary N) is 1. The topological polar surface area (TPSA) is 46.3 Å². The van der Waals surface area contributed by atoms with E-state index in [-0.39, 0.29) is 5.91 Å². The van der Waals surface area contributed by atoms with Gasteiger partial charge in [-0.05, 0) is 37.2 Å². The van der Waals surface area contributed by atoms with Crippen LogP contribution >= 0.6 is 0 Å². The molecule has 1 amide bonds. The summed E-state index contributed by atoms with van der Waals surface area (Å²) in [6.07, 6.45) is 5.34. The van der Waals surface area contributed by atoms with Gasteiger partial charge in [-0.2, -0.15) is 0 Å². The summed E-state index contributed by atoms with van der Waals surface area (Å²) >= 11 is 0. The molecule has 1 aromatic carbocycles. The minimum absolute atomic E-state index is 0.116. The second-order valence-electron chi connectivity index (χ2n) is 5.83. The van der Waals surface area contributed by atoms with Crippen molar-refractivity contribution in [1.29, 1.82) is 0 Å². The molecule has 1 saturated heterocycles. The molecule has 110 valence electrons. The molecule has 0 bridgehead atoms. The molecule has 1 aromatic rings. The lowest BCUT2D eigenvalue weighted by Gasteiger charge is -2.24. The summed E-state index contributed by atoms with van der Waals surface area (Å²) in [5, 5.41) is 0. The molecule has 0 radical (unpaired) electrons. The van der Waals surface area contributed by atoms with Crippen molar-refractivity contribution < 1.29 is 4.79 Å². The first kappa shape index (κ1) is 15.0. The summed E-state index contributed by atoms with van der Waals surface area (Å²) in [7, 11) is 0. The Labute approximate surface area is 122 Å². The zero-order chi connectivity index (χ0) is 14.4. The highest BCUT2D eigenvalue weighted by atomic mass is 16.2. The van der Waals surface area contributed by atoms with E-state index in [1.807, 2.05) is 35.2 Å². The number of hydrogen-bond acceptors (Lipinski definition) is 2. The molecule has 0 aliphatic carbocycles. The molecule has 0 aromatic heterocycles. The number of carbonyl (C=O) groups is 1. The van der Waals surface area contributed by atoms with Gasteiger partial charge in [-0.25, -0.2) is 0 Å². The van der Waals surface area contributed by atoms with Gasteiger partial charge >= 0.3 is 0 Å². The molecule has 3 nitrogen and oxygen atoms in total. The molecule has 20 heavy (non-hydrogen) atoms. The molecule has 1 fully saturated rings. The van der Waals surface area contributed by atoms with E-state index in [4.69, 9.17) is 5.73 Å². The number of likely N-dealkylation sites (tertiary alicyclic amines) is 1. The van der Waals surface area contributed by atoms with Crippen molar-refractivity contribution in [3.8, 4) is 0 Å². The summed E-state index contributed by atoms with van der Waals surface area (Å²) in [4.78, 5) is 14.4. The number of nitrogens with zero attached hydrogens (tertiary/aromatic N) is 1. The normalized spacial score (nSPS) is 21.3. The van der Waals surface area contributed by atoms with Gasteiger partial charge in [0, 0.05) is 13.1 Å². The van der Waals surface area contributed by atoms with Crippen molar-refractivity contribution in [1.82, 2.24) is 4.90 Å². The van der Waals surface area contributed by atoms with Gasteiger partial charge in [-0.1, -0.05) is 43.7 Å².